The quantitative estimate of drug-likeness (QED) is 0.548. The van der Waals surface area contributed by atoms with Crippen molar-refractivity contribution in [2.24, 2.45) is 0 Å². The van der Waals surface area contributed by atoms with Gasteiger partial charge in [0, 0.05) is 25.8 Å². The van der Waals surface area contributed by atoms with E-state index in [0.29, 0.717) is 48.0 Å². The van der Waals surface area contributed by atoms with Gasteiger partial charge in [-0.05, 0) is 12.8 Å². The lowest BCUT2D eigenvalue weighted by Gasteiger charge is -2.25. The number of nitriles is 1. The summed E-state index contributed by atoms with van der Waals surface area (Å²) in [6, 6.07) is 2.05. The van der Waals surface area contributed by atoms with E-state index in [1.165, 1.54) is 11.8 Å². The molecule has 1 aromatic heterocycles. The van der Waals surface area contributed by atoms with Crippen molar-refractivity contribution >= 4 is 46.2 Å². The van der Waals surface area contributed by atoms with E-state index in [1.807, 2.05) is 4.90 Å². The Morgan fingerprint density at radius 3 is 2.89 bits per heavy atom. The van der Waals surface area contributed by atoms with Gasteiger partial charge in [-0.3, -0.25) is 9.69 Å². The normalized spacial score (nSPS) is 24.9. The van der Waals surface area contributed by atoms with Crippen molar-refractivity contribution in [2.75, 3.05) is 44.4 Å². The number of carbonyl (C=O) groups excluding carboxylic acids is 1. The second-order valence-corrected chi connectivity index (χ2v) is 8.02. The third-order valence-corrected chi connectivity index (χ3v) is 5.95. The number of thiocarbonyl (C=S) groups is 1. The van der Waals surface area contributed by atoms with Crippen LogP contribution in [-0.2, 0) is 14.3 Å². The molecule has 1 atom stereocenters. The van der Waals surface area contributed by atoms with Crippen LogP contribution in [0.4, 0.5) is 5.88 Å². The summed E-state index contributed by atoms with van der Waals surface area (Å²) in [6.07, 6.45) is 3.53. The molecule has 3 aliphatic rings. The van der Waals surface area contributed by atoms with E-state index in [9.17, 15) is 10.1 Å². The summed E-state index contributed by atoms with van der Waals surface area (Å²) in [5, 5.41) is 9.35. The molecule has 3 fully saturated rings. The molecule has 0 N–H and O–H groups in total. The standard InChI is InChI=1S/C17H18N4O4S2/c18-9-12-16(20-3-6-23-7-4-20)25-14(19-12)8-13-15(22)21(17(26)27-13)10-11-2-1-5-24-11/h8,11H,1-7,10H2/b13-8+. The number of carbonyl (C=O) groups is 1. The molecule has 1 amide bonds. The average molecular weight is 406 g/mol. The molecule has 0 spiro atoms. The molecular formula is C17H18N4O4S2. The molecule has 3 aliphatic heterocycles. The Labute approximate surface area is 166 Å². The third kappa shape index (κ3) is 3.87. The van der Waals surface area contributed by atoms with Gasteiger partial charge in [-0.25, -0.2) is 0 Å². The van der Waals surface area contributed by atoms with Crippen molar-refractivity contribution in [2.45, 2.75) is 18.9 Å². The second kappa shape index (κ2) is 7.98. The van der Waals surface area contributed by atoms with Gasteiger partial charge in [-0.1, -0.05) is 24.0 Å². The molecular weight excluding hydrogens is 388 g/mol. The van der Waals surface area contributed by atoms with Crippen molar-refractivity contribution in [3.05, 3.63) is 16.5 Å². The Morgan fingerprint density at radius 2 is 2.19 bits per heavy atom. The lowest BCUT2D eigenvalue weighted by molar-refractivity contribution is -0.123. The molecule has 1 aromatic rings. The van der Waals surface area contributed by atoms with Crippen LogP contribution in [0.1, 0.15) is 24.4 Å². The van der Waals surface area contributed by atoms with Crippen molar-refractivity contribution in [1.82, 2.24) is 9.88 Å². The molecule has 0 saturated carbocycles. The average Bonchev–Trinajstić information content (AvgIpc) is 3.40. The fraction of sp³-hybridized carbons (Fsp3) is 0.529. The SMILES string of the molecule is N#Cc1nc(/C=C2/SC(=S)N(CC3CCCO3)C2=O)oc1N1CCOCC1. The van der Waals surface area contributed by atoms with Crippen LogP contribution in [0, 0.1) is 11.3 Å². The van der Waals surface area contributed by atoms with Crippen molar-refractivity contribution < 1.29 is 18.7 Å². The Kier molecular flexibility index (Phi) is 5.45. The summed E-state index contributed by atoms with van der Waals surface area (Å²) >= 11 is 6.56. The van der Waals surface area contributed by atoms with Crippen LogP contribution < -0.4 is 4.90 Å². The van der Waals surface area contributed by atoms with E-state index >= 15 is 0 Å². The van der Waals surface area contributed by atoms with E-state index < -0.39 is 0 Å². The van der Waals surface area contributed by atoms with Crippen LogP contribution in [0.25, 0.3) is 6.08 Å². The number of morpholine rings is 1. The van der Waals surface area contributed by atoms with Crippen LogP contribution in [-0.4, -0.2) is 65.7 Å². The molecule has 0 aliphatic carbocycles. The van der Waals surface area contributed by atoms with Crippen LogP contribution in [0.5, 0.6) is 0 Å². The topological polar surface area (TPSA) is 91.8 Å². The first kappa shape index (κ1) is 18.4. The first-order chi connectivity index (χ1) is 13.2. The first-order valence-electron chi connectivity index (χ1n) is 8.76. The summed E-state index contributed by atoms with van der Waals surface area (Å²) < 4.78 is 17.2. The molecule has 142 valence electrons. The number of oxazole rings is 1. The fourth-order valence-electron chi connectivity index (χ4n) is 3.21. The molecule has 27 heavy (non-hydrogen) atoms. The Morgan fingerprint density at radius 1 is 1.37 bits per heavy atom. The summed E-state index contributed by atoms with van der Waals surface area (Å²) in [5.41, 5.74) is 0.206. The highest BCUT2D eigenvalue weighted by molar-refractivity contribution is 8.26. The zero-order valence-electron chi connectivity index (χ0n) is 14.5. The van der Waals surface area contributed by atoms with E-state index in [-0.39, 0.29) is 23.6 Å². The van der Waals surface area contributed by atoms with Gasteiger partial charge in [0.2, 0.25) is 17.5 Å². The van der Waals surface area contributed by atoms with Crippen LogP contribution >= 0.6 is 24.0 Å². The maximum absolute atomic E-state index is 12.7. The Bertz CT molecular complexity index is 819. The number of thioether (sulfide) groups is 1. The predicted molar refractivity (Wildman–Crippen MR) is 103 cm³/mol. The van der Waals surface area contributed by atoms with Crippen molar-refractivity contribution in [1.29, 1.82) is 5.26 Å². The molecule has 3 saturated heterocycles. The first-order valence-corrected chi connectivity index (χ1v) is 9.99. The molecule has 1 unspecified atom stereocenters. The molecule has 4 heterocycles. The number of anilines is 1. The lowest BCUT2D eigenvalue weighted by Crippen LogP contribution is -2.36. The fourth-order valence-corrected chi connectivity index (χ4v) is 4.44. The van der Waals surface area contributed by atoms with Gasteiger partial charge >= 0.3 is 0 Å². The number of aromatic nitrogens is 1. The Hall–Kier alpha value is -1.93. The minimum absolute atomic E-state index is 0.0340. The lowest BCUT2D eigenvalue weighted by atomic mass is 10.2. The molecule has 4 rings (SSSR count). The van der Waals surface area contributed by atoms with Crippen LogP contribution in [0.15, 0.2) is 9.32 Å². The maximum Gasteiger partial charge on any atom is 0.266 e. The van der Waals surface area contributed by atoms with E-state index in [0.717, 1.165) is 19.4 Å². The largest absolute Gasteiger partial charge is 0.420 e. The van der Waals surface area contributed by atoms with E-state index in [4.69, 9.17) is 26.1 Å². The summed E-state index contributed by atoms with van der Waals surface area (Å²) in [7, 11) is 0. The number of hydrogen-bond acceptors (Lipinski definition) is 9. The maximum atomic E-state index is 12.7. The summed E-state index contributed by atoms with van der Waals surface area (Å²) in [5.74, 6) is 0.470. The highest BCUT2D eigenvalue weighted by atomic mass is 32.2. The van der Waals surface area contributed by atoms with Crippen LogP contribution in [0.3, 0.4) is 0 Å². The van der Waals surface area contributed by atoms with Gasteiger partial charge in [0.05, 0.1) is 30.8 Å². The molecule has 0 aromatic carbocycles. The van der Waals surface area contributed by atoms with E-state index in [2.05, 4.69) is 11.1 Å². The molecule has 0 radical (unpaired) electrons. The van der Waals surface area contributed by atoms with Gasteiger partial charge in [0.25, 0.3) is 5.91 Å². The van der Waals surface area contributed by atoms with Gasteiger partial charge in [0.15, 0.2) is 0 Å². The monoisotopic (exact) mass is 406 g/mol. The van der Waals surface area contributed by atoms with Gasteiger partial charge in [-0.15, -0.1) is 0 Å². The smallest absolute Gasteiger partial charge is 0.266 e. The van der Waals surface area contributed by atoms with E-state index in [1.54, 1.807) is 11.0 Å². The highest BCUT2D eigenvalue weighted by Crippen LogP contribution is 2.34. The minimum atomic E-state index is -0.176. The summed E-state index contributed by atoms with van der Waals surface area (Å²) in [6.45, 7) is 3.61. The van der Waals surface area contributed by atoms with Gasteiger partial charge in [-0.2, -0.15) is 10.2 Å². The zero-order chi connectivity index (χ0) is 18.8. The number of rotatable bonds is 4. The van der Waals surface area contributed by atoms with Crippen molar-refractivity contribution in [3.63, 3.8) is 0 Å². The van der Waals surface area contributed by atoms with Gasteiger partial charge in [0.1, 0.15) is 10.4 Å². The minimum Gasteiger partial charge on any atom is -0.420 e. The predicted octanol–water partition coefficient (Wildman–Crippen LogP) is 1.76. The second-order valence-electron chi connectivity index (χ2n) is 6.34. The number of nitrogens with zero attached hydrogens (tertiary/aromatic N) is 4. The molecule has 10 heteroatoms. The highest BCUT2D eigenvalue weighted by Gasteiger charge is 2.35. The number of amides is 1. The van der Waals surface area contributed by atoms with Crippen molar-refractivity contribution in [3.8, 4) is 6.07 Å². The van der Waals surface area contributed by atoms with Gasteiger partial charge < -0.3 is 18.8 Å². The third-order valence-electron chi connectivity index (χ3n) is 4.57. The number of ether oxygens (including phenoxy) is 2. The molecule has 8 nitrogen and oxygen atoms in total. The summed E-state index contributed by atoms with van der Waals surface area (Å²) in [4.78, 5) is 20.9. The number of hydrogen-bond donors (Lipinski definition) is 0. The molecule has 0 bridgehead atoms. The van der Waals surface area contributed by atoms with Crippen LogP contribution in [0.2, 0.25) is 0 Å². The Balaban J connectivity index is 1.53. The zero-order valence-corrected chi connectivity index (χ0v) is 16.2.